The van der Waals surface area contributed by atoms with E-state index < -0.39 is 0 Å². The Hall–Kier alpha value is -1.57. The van der Waals surface area contributed by atoms with Gasteiger partial charge in [0.05, 0.1) is 0 Å². The smallest absolute Gasteiger partial charge is 0.0406 e. The molecule has 1 nitrogen and oxygen atoms in total. The van der Waals surface area contributed by atoms with Crippen LogP contribution in [0.4, 0.5) is 0 Å². The topological polar surface area (TPSA) is 3.24 Å². The Balaban J connectivity index is 0.000000789. The minimum atomic E-state index is 0.805. The fraction of sp³-hybridized carbons (Fsp3) is 0.500. The lowest BCUT2D eigenvalue weighted by Gasteiger charge is -2.25. The number of likely N-dealkylation sites (tertiary alicyclic amines) is 1. The molecule has 0 aliphatic carbocycles. The maximum absolute atomic E-state index is 5.98. The molecule has 168 valence electrons. The normalized spacial score (nSPS) is 20.1. The molecule has 1 aromatic rings. The molecule has 0 bridgehead atoms. The third-order valence-corrected chi connectivity index (χ3v) is 5.25. The molecule has 2 unspecified atom stereocenters. The molecule has 0 radical (unpaired) electrons. The second-order valence-electron chi connectivity index (χ2n) is 8.86. The molecule has 0 saturated carbocycles. The van der Waals surface area contributed by atoms with E-state index in [-0.39, 0.29) is 0 Å². The first-order chi connectivity index (χ1) is 14.1. The molecule has 0 N–H and O–H groups in total. The molecular weight excluding hydrogens is 386 g/mol. The highest BCUT2D eigenvalue weighted by atomic mass is 35.5. The molecule has 2 rings (SSSR count). The van der Waals surface area contributed by atoms with E-state index in [0.29, 0.717) is 0 Å². The van der Waals surface area contributed by atoms with Gasteiger partial charge < -0.3 is 0 Å². The van der Waals surface area contributed by atoms with Gasteiger partial charge in [-0.3, -0.25) is 4.90 Å². The summed E-state index contributed by atoms with van der Waals surface area (Å²) in [5.41, 5.74) is 5.31. The summed E-state index contributed by atoms with van der Waals surface area (Å²) in [6.45, 7) is 25.7. The molecule has 1 fully saturated rings. The second kappa shape index (κ2) is 16.2. The average molecular weight is 430 g/mol. The lowest BCUT2D eigenvalue weighted by molar-refractivity contribution is 0.256. The van der Waals surface area contributed by atoms with E-state index in [2.05, 4.69) is 57.9 Å². The molecule has 1 heterocycles. The van der Waals surface area contributed by atoms with Gasteiger partial charge in [-0.1, -0.05) is 73.5 Å². The summed E-state index contributed by atoms with van der Waals surface area (Å²) < 4.78 is 0. The maximum Gasteiger partial charge on any atom is 0.0406 e. The predicted molar refractivity (Wildman–Crippen MR) is 139 cm³/mol. The van der Waals surface area contributed by atoms with Crippen molar-refractivity contribution in [3.05, 3.63) is 77.4 Å². The van der Waals surface area contributed by atoms with Crippen molar-refractivity contribution in [2.24, 2.45) is 11.8 Å². The monoisotopic (exact) mass is 429 g/mol. The van der Waals surface area contributed by atoms with Crippen molar-refractivity contribution in [1.82, 2.24) is 4.90 Å². The third-order valence-electron chi connectivity index (χ3n) is 5.00. The molecule has 1 aliphatic heterocycles. The van der Waals surface area contributed by atoms with Crippen LogP contribution in [-0.2, 0) is 0 Å². The minimum absolute atomic E-state index is 0.805. The molecule has 1 aliphatic rings. The fourth-order valence-corrected chi connectivity index (χ4v) is 3.50. The van der Waals surface area contributed by atoms with Crippen molar-refractivity contribution in [3.8, 4) is 0 Å². The lowest BCUT2D eigenvalue weighted by Crippen LogP contribution is -2.31. The van der Waals surface area contributed by atoms with Crippen LogP contribution >= 0.6 is 11.6 Å². The van der Waals surface area contributed by atoms with Crippen LogP contribution in [0.2, 0.25) is 5.02 Å². The van der Waals surface area contributed by atoms with Gasteiger partial charge in [0.1, 0.15) is 0 Å². The van der Waals surface area contributed by atoms with Crippen molar-refractivity contribution in [1.29, 1.82) is 0 Å². The number of halogens is 1. The van der Waals surface area contributed by atoms with Crippen LogP contribution in [0.1, 0.15) is 66.9 Å². The number of hydrogen-bond acceptors (Lipinski definition) is 1. The largest absolute Gasteiger partial charge is 0.299 e. The number of nitrogens with zero attached hydrogens (tertiary/aromatic N) is 1. The molecule has 0 aromatic heterocycles. The van der Waals surface area contributed by atoms with Gasteiger partial charge in [-0.15, -0.1) is 6.58 Å². The van der Waals surface area contributed by atoms with Crippen LogP contribution in [0.5, 0.6) is 0 Å². The first-order valence-corrected chi connectivity index (χ1v) is 11.5. The second-order valence-corrected chi connectivity index (χ2v) is 9.30. The Bertz CT molecular complexity index is 665. The van der Waals surface area contributed by atoms with Crippen molar-refractivity contribution in [2.45, 2.75) is 61.3 Å². The first kappa shape index (κ1) is 28.4. The molecule has 2 atom stereocenters. The summed E-state index contributed by atoms with van der Waals surface area (Å²) >= 11 is 5.98. The number of hydrogen-bond donors (Lipinski definition) is 0. The quantitative estimate of drug-likeness (QED) is 0.341. The molecule has 1 saturated heterocycles. The van der Waals surface area contributed by atoms with Crippen LogP contribution in [0, 0.1) is 11.8 Å². The van der Waals surface area contributed by atoms with E-state index in [1.807, 2.05) is 45.1 Å². The molecule has 2 heteroatoms. The molecule has 0 spiro atoms. The van der Waals surface area contributed by atoms with Gasteiger partial charge in [0.2, 0.25) is 0 Å². The Labute approximate surface area is 192 Å². The van der Waals surface area contributed by atoms with Gasteiger partial charge in [0.25, 0.3) is 0 Å². The summed E-state index contributed by atoms with van der Waals surface area (Å²) in [5.74, 6) is 1.64. The van der Waals surface area contributed by atoms with Crippen LogP contribution in [0.3, 0.4) is 0 Å². The third kappa shape index (κ3) is 13.6. The Morgan fingerprint density at radius 3 is 1.87 bits per heavy atom. The van der Waals surface area contributed by atoms with Crippen LogP contribution < -0.4 is 0 Å². The average Bonchev–Trinajstić information content (AvgIpc) is 2.82. The van der Waals surface area contributed by atoms with Crippen molar-refractivity contribution >= 4 is 17.2 Å². The number of allylic oxidation sites excluding steroid dienone is 5. The fourth-order valence-electron chi connectivity index (χ4n) is 3.37. The standard InChI is InChI=1S/C19H28ClN.C5H8.C4H8/c1-14-5-6-15(2)12-21(11-14)13-16(3)17(4)18-7-9-19(20)10-8-18;1-3-5-4-2;1-4(2)3/h7-10,14-15H,5-6,11-13H2,1-4H3;3-5H,1H2,2H3;1H2,2-3H3/b17-16-;5-4-;. The van der Waals surface area contributed by atoms with Crippen molar-refractivity contribution in [2.75, 3.05) is 19.6 Å². The van der Waals surface area contributed by atoms with E-state index in [0.717, 1.165) is 23.4 Å². The predicted octanol–water partition coefficient (Wildman–Crippen LogP) is 8.83. The minimum Gasteiger partial charge on any atom is -0.299 e. The molecule has 0 amide bonds. The molecular formula is C28H44ClN. The highest BCUT2D eigenvalue weighted by Gasteiger charge is 2.19. The highest BCUT2D eigenvalue weighted by molar-refractivity contribution is 6.30. The van der Waals surface area contributed by atoms with Gasteiger partial charge in [-0.2, -0.15) is 0 Å². The van der Waals surface area contributed by atoms with Crippen LogP contribution in [-0.4, -0.2) is 24.5 Å². The summed E-state index contributed by atoms with van der Waals surface area (Å²) in [7, 11) is 0. The van der Waals surface area contributed by atoms with E-state index >= 15 is 0 Å². The highest BCUT2D eigenvalue weighted by Crippen LogP contribution is 2.24. The van der Waals surface area contributed by atoms with E-state index in [1.165, 1.54) is 48.2 Å². The van der Waals surface area contributed by atoms with Gasteiger partial charge in [-0.05, 0) is 82.6 Å². The zero-order chi connectivity index (χ0) is 23.1. The summed E-state index contributed by atoms with van der Waals surface area (Å²) in [4.78, 5) is 2.64. The van der Waals surface area contributed by atoms with E-state index in [9.17, 15) is 0 Å². The maximum atomic E-state index is 5.98. The Morgan fingerprint density at radius 2 is 1.50 bits per heavy atom. The first-order valence-electron chi connectivity index (χ1n) is 11.1. The zero-order valence-electron chi connectivity index (χ0n) is 20.5. The van der Waals surface area contributed by atoms with Crippen LogP contribution in [0.15, 0.2) is 66.8 Å². The van der Waals surface area contributed by atoms with Gasteiger partial charge in [0.15, 0.2) is 0 Å². The molecule has 30 heavy (non-hydrogen) atoms. The van der Waals surface area contributed by atoms with Gasteiger partial charge in [0, 0.05) is 24.7 Å². The van der Waals surface area contributed by atoms with Gasteiger partial charge >= 0.3 is 0 Å². The lowest BCUT2D eigenvalue weighted by atomic mass is 10.0. The van der Waals surface area contributed by atoms with Crippen molar-refractivity contribution in [3.63, 3.8) is 0 Å². The Kier molecular flexibility index (Phi) is 15.3. The number of rotatable bonds is 4. The summed E-state index contributed by atoms with van der Waals surface area (Å²) in [5, 5.41) is 0.805. The van der Waals surface area contributed by atoms with E-state index in [4.69, 9.17) is 11.6 Å². The van der Waals surface area contributed by atoms with Crippen LogP contribution in [0.25, 0.3) is 5.57 Å². The Morgan fingerprint density at radius 1 is 1.03 bits per heavy atom. The van der Waals surface area contributed by atoms with Gasteiger partial charge in [-0.25, -0.2) is 0 Å². The van der Waals surface area contributed by atoms with E-state index in [1.54, 1.807) is 6.08 Å². The molecule has 1 aromatic carbocycles. The SMILES string of the molecule is C/C(CN1CC(C)CCC(C)C1)=C(\C)c1ccc(Cl)cc1.C=C(C)C.C=C/C=C\C. The summed E-state index contributed by atoms with van der Waals surface area (Å²) in [6, 6.07) is 8.19. The number of benzene rings is 1. The summed E-state index contributed by atoms with van der Waals surface area (Å²) in [6.07, 6.45) is 8.32. The zero-order valence-corrected chi connectivity index (χ0v) is 21.2. The van der Waals surface area contributed by atoms with Crippen molar-refractivity contribution < 1.29 is 0 Å².